The van der Waals surface area contributed by atoms with Crippen LogP contribution in [0.3, 0.4) is 0 Å². The SMILES string of the molecule is COc1ccccc1C(=O)COC(=O)CCC1CCCC1. The minimum atomic E-state index is -0.287. The van der Waals surface area contributed by atoms with Crippen molar-refractivity contribution in [3.63, 3.8) is 0 Å². The Hall–Kier alpha value is -1.84. The first kappa shape index (κ1) is 15.5. The highest BCUT2D eigenvalue weighted by molar-refractivity contribution is 6.00. The highest BCUT2D eigenvalue weighted by Crippen LogP contribution is 2.28. The number of para-hydroxylation sites is 1. The molecular weight excluding hydrogens is 268 g/mol. The molecule has 2 rings (SSSR count). The van der Waals surface area contributed by atoms with E-state index in [1.54, 1.807) is 24.3 Å². The van der Waals surface area contributed by atoms with Crippen molar-refractivity contribution in [1.82, 2.24) is 0 Å². The molecule has 4 heteroatoms. The number of hydrogen-bond donors (Lipinski definition) is 0. The van der Waals surface area contributed by atoms with E-state index < -0.39 is 0 Å². The van der Waals surface area contributed by atoms with Crippen molar-refractivity contribution in [1.29, 1.82) is 0 Å². The van der Waals surface area contributed by atoms with Crippen molar-refractivity contribution in [3.05, 3.63) is 29.8 Å². The lowest BCUT2D eigenvalue weighted by molar-refractivity contribution is -0.142. The molecule has 1 aliphatic carbocycles. The van der Waals surface area contributed by atoms with Crippen LogP contribution in [0.25, 0.3) is 0 Å². The monoisotopic (exact) mass is 290 g/mol. The molecule has 0 atom stereocenters. The number of Topliss-reactive ketones (excluding diaryl/α,β-unsaturated/α-hetero) is 1. The lowest BCUT2D eigenvalue weighted by Crippen LogP contribution is -2.15. The van der Waals surface area contributed by atoms with Crippen molar-refractivity contribution in [2.45, 2.75) is 38.5 Å². The fraction of sp³-hybridized carbons (Fsp3) is 0.529. The van der Waals surface area contributed by atoms with Gasteiger partial charge in [0.1, 0.15) is 5.75 Å². The zero-order valence-electron chi connectivity index (χ0n) is 12.5. The molecule has 0 spiro atoms. The Kier molecular flexibility index (Phi) is 5.78. The van der Waals surface area contributed by atoms with Crippen LogP contribution >= 0.6 is 0 Å². The van der Waals surface area contributed by atoms with Crippen LogP contribution < -0.4 is 4.74 Å². The molecule has 0 aromatic heterocycles. The van der Waals surface area contributed by atoms with Gasteiger partial charge in [-0.1, -0.05) is 37.8 Å². The lowest BCUT2D eigenvalue weighted by atomic mass is 10.0. The van der Waals surface area contributed by atoms with Gasteiger partial charge in [0.2, 0.25) is 5.78 Å². The van der Waals surface area contributed by atoms with E-state index in [4.69, 9.17) is 9.47 Å². The molecule has 1 aromatic rings. The zero-order chi connectivity index (χ0) is 15.1. The van der Waals surface area contributed by atoms with Gasteiger partial charge in [0.05, 0.1) is 12.7 Å². The lowest BCUT2D eigenvalue weighted by Gasteiger charge is -2.09. The predicted molar refractivity (Wildman–Crippen MR) is 79.5 cm³/mol. The maximum atomic E-state index is 12.0. The molecular formula is C17H22O4. The Morgan fingerprint density at radius 1 is 1.19 bits per heavy atom. The standard InChI is InChI=1S/C17H22O4/c1-20-16-9-5-4-8-14(16)15(18)12-21-17(19)11-10-13-6-2-3-7-13/h4-5,8-9,13H,2-3,6-7,10-12H2,1H3. The first-order valence-electron chi connectivity index (χ1n) is 7.52. The fourth-order valence-electron chi connectivity index (χ4n) is 2.79. The summed E-state index contributed by atoms with van der Waals surface area (Å²) in [5.74, 6) is 0.638. The second kappa shape index (κ2) is 7.81. The number of carbonyl (C=O) groups excluding carboxylic acids is 2. The summed E-state index contributed by atoms with van der Waals surface area (Å²) in [6, 6.07) is 6.95. The molecule has 1 aliphatic rings. The predicted octanol–water partition coefficient (Wildman–Crippen LogP) is 3.39. The van der Waals surface area contributed by atoms with Crippen LogP contribution in [-0.2, 0) is 9.53 Å². The van der Waals surface area contributed by atoms with Crippen molar-refractivity contribution < 1.29 is 19.1 Å². The number of hydrogen-bond acceptors (Lipinski definition) is 4. The van der Waals surface area contributed by atoms with E-state index in [0.717, 1.165) is 6.42 Å². The number of ketones is 1. The first-order valence-corrected chi connectivity index (χ1v) is 7.52. The summed E-state index contributed by atoms with van der Waals surface area (Å²) in [6.45, 7) is -0.218. The third kappa shape index (κ3) is 4.59. The molecule has 0 bridgehead atoms. The van der Waals surface area contributed by atoms with Gasteiger partial charge in [-0.3, -0.25) is 9.59 Å². The van der Waals surface area contributed by atoms with Crippen LogP contribution in [0.15, 0.2) is 24.3 Å². The second-order valence-electron chi connectivity index (χ2n) is 5.47. The molecule has 0 saturated heterocycles. The quantitative estimate of drug-likeness (QED) is 0.570. The van der Waals surface area contributed by atoms with Gasteiger partial charge in [0.25, 0.3) is 0 Å². The summed E-state index contributed by atoms with van der Waals surface area (Å²) in [6.07, 6.45) is 6.25. The van der Waals surface area contributed by atoms with E-state index in [1.807, 2.05) is 0 Å². The number of benzene rings is 1. The summed E-state index contributed by atoms with van der Waals surface area (Å²) in [5, 5.41) is 0. The molecule has 0 N–H and O–H groups in total. The zero-order valence-corrected chi connectivity index (χ0v) is 12.5. The molecule has 0 amide bonds. The second-order valence-corrected chi connectivity index (χ2v) is 5.47. The number of carbonyl (C=O) groups is 2. The van der Waals surface area contributed by atoms with E-state index in [9.17, 15) is 9.59 Å². The van der Waals surface area contributed by atoms with Crippen LogP contribution in [0.4, 0.5) is 0 Å². The van der Waals surface area contributed by atoms with E-state index in [0.29, 0.717) is 23.7 Å². The Morgan fingerprint density at radius 2 is 1.90 bits per heavy atom. The minimum Gasteiger partial charge on any atom is -0.496 e. The molecule has 0 aliphatic heterocycles. The van der Waals surface area contributed by atoms with E-state index in [2.05, 4.69) is 0 Å². The van der Waals surface area contributed by atoms with Gasteiger partial charge in [-0.05, 0) is 24.5 Å². The smallest absolute Gasteiger partial charge is 0.306 e. The highest BCUT2D eigenvalue weighted by atomic mass is 16.5. The Labute approximate surface area is 125 Å². The third-order valence-corrected chi connectivity index (χ3v) is 4.00. The van der Waals surface area contributed by atoms with E-state index in [1.165, 1.54) is 32.8 Å². The minimum absolute atomic E-state index is 0.218. The van der Waals surface area contributed by atoms with E-state index in [-0.39, 0.29) is 18.4 Å². The van der Waals surface area contributed by atoms with Gasteiger partial charge in [-0.2, -0.15) is 0 Å². The van der Waals surface area contributed by atoms with Crippen molar-refractivity contribution in [2.24, 2.45) is 5.92 Å². The summed E-state index contributed by atoms with van der Waals surface area (Å²) < 4.78 is 10.2. The molecule has 0 radical (unpaired) electrons. The van der Waals surface area contributed by atoms with Crippen LogP contribution in [0, 0.1) is 5.92 Å². The Balaban J connectivity index is 1.76. The summed E-state index contributed by atoms with van der Waals surface area (Å²) in [5.41, 5.74) is 0.448. The van der Waals surface area contributed by atoms with Crippen LogP contribution in [-0.4, -0.2) is 25.5 Å². The molecule has 21 heavy (non-hydrogen) atoms. The topological polar surface area (TPSA) is 52.6 Å². The molecule has 114 valence electrons. The third-order valence-electron chi connectivity index (χ3n) is 4.00. The van der Waals surface area contributed by atoms with Crippen LogP contribution in [0.5, 0.6) is 5.75 Å². The maximum Gasteiger partial charge on any atom is 0.306 e. The fourth-order valence-corrected chi connectivity index (χ4v) is 2.79. The normalized spacial score (nSPS) is 14.9. The highest BCUT2D eigenvalue weighted by Gasteiger charge is 2.18. The van der Waals surface area contributed by atoms with Gasteiger partial charge < -0.3 is 9.47 Å². The largest absolute Gasteiger partial charge is 0.496 e. The van der Waals surface area contributed by atoms with Gasteiger partial charge >= 0.3 is 5.97 Å². The van der Waals surface area contributed by atoms with Crippen LogP contribution in [0.2, 0.25) is 0 Å². The number of ether oxygens (including phenoxy) is 2. The van der Waals surface area contributed by atoms with Crippen LogP contribution in [0.1, 0.15) is 48.9 Å². The first-order chi connectivity index (χ1) is 10.2. The van der Waals surface area contributed by atoms with Gasteiger partial charge in [0.15, 0.2) is 6.61 Å². The average molecular weight is 290 g/mol. The maximum absolute atomic E-state index is 12.0. The Bertz CT molecular complexity index is 489. The summed E-state index contributed by atoms with van der Waals surface area (Å²) in [4.78, 5) is 23.7. The molecule has 1 fully saturated rings. The molecule has 1 aromatic carbocycles. The van der Waals surface area contributed by atoms with Gasteiger partial charge in [0, 0.05) is 6.42 Å². The van der Waals surface area contributed by atoms with E-state index >= 15 is 0 Å². The Morgan fingerprint density at radius 3 is 2.62 bits per heavy atom. The summed E-state index contributed by atoms with van der Waals surface area (Å²) >= 11 is 0. The van der Waals surface area contributed by atoms with Gasteiger partial charge in [-0.25, -0.2) is 0 Å². The molecule has 0 heterocycles. The average Bonchev–Trinajstić information content (AvgIpc) is 3.04. The molecule has 1 saturated carbocycles. The van der Waals surface area contributed by atoms with Crippen molar-refractivity contribution >= 4 is 11.8 Å². The number of methoxy groups -OCH3 is 1. The molecule has 4 nitrogen and oxygen atoms in total. The van der Waals surface area contributed by atoms with Gasteiger partial charge in [-0.15, -0.1) is 0 Å². The van der Waals surface area contributed by atoms with Crippen molar-refractivity contribution in [2.75, 3.05) is 13.7 Å². The molecule has 0 unspecified atom stereocenters. The summed E-state index contributed by atoms with van der Waals surface area (Å²) in [7, 11) is 1.51. The van der Waals surface area contributed by atoms with Crippen molar-refractivity contribution in [3.8, 4) is 5.75 Å². The number of rotatable bonds is 7. The number of esters is 1.